The lowest BCUT2D eigenvalue weighted by Gasteiger charge is -2.27. The van der Waals surface area contributed by atoms with Crippen LogP contribution in [0.3, 0.4) is 0 Å². The highest BCUT2D eigenvalue weighted by Gasteiger charge is 2.26. The van der Waals surface area contributed by atoms with Gasteiger partial charge in [-0.05, 0) is 65.5 Å². The van der Waals surface area contributed by atoms with Crippen molar-refractivity contribution >= 4 is 37.6 Å². The third kappa shape index (κ3) is 13.4. The summed E-state index contributed by atoms with van der Waals surface area (Å²) in [4.78, 5) is 26.1. The fourth-order valence-electron chi connectivity index (χ4n) is 1.70. The Morgan fingerprint density at radius 1 is 1.38 bits per heavy atom. The Morgan fingerprint density at radius 2 is 1.96 bits per heavy atom. The van der Waals surface area contributed by atoms with Gasteiger partial charge in [0, 0.05) is 6.54 Å². The smallest absolute Gasteiger partial charge is 0.408 e. The molecule has 0 rings (SSSR count). The van der Waals surface area contributed by atoms with Gasteiger partial charge >= 0.3 is 6.09 Å². The second-order valence-corrected chi connectivity index (χ2v) is 12.3. The maximum Gasteiger partial charge on any atom is 0.408 e. The van der Waals surface area contributed by atoms with Crippen molar-refractivity contribution < 1.29 is 19.0 Å². The van der Waals surface area contributed by atoms with Crippen LogP contribution in [-0.2, 0) is 9.16 Å². The van der Waals surface area contributed by atoms with Gasteiger partial charge < -0.3 is 20.2 Å². The number of amides is 1. The number of nitrogens with one attached hydrogen (secondary N) is 2. The molecule has 0 saturated carbocycles. The summed E-state index contributed by atoms with van der Waals surface area (Å²) in [5.41, 5.74) is 6.47. The number of nitrogens with zero attached hydrogens (tertiary/aromatic N) is 2. The summed E-state index contributed by atoms with van der Waals surface area (Å²) in [5, 5.41) is 12.5. The van der Waals surface area contributed by atoms with Crippen LogP contribution in [0.1, 0.15) is 33.6 Å². The molecule has 12 heteroatoms. The quantitative estimate of drug-likeness (QED) is 0.105. The van der Waals surface area contributed by atoms with Crippen LogP contribution in [0.25, 0.3) is 0 Å². The number of nitrogens with two attached hydrogens (primary N) is 1. The summed E-state index contributed by atoms with van der Waals surface area (Å²) >= 11 is 5.32. The Labute approximate surface area is 160 Å². The van der Waals surface area contributed by atoms with Crippen molar-refractivity contribution in [3.63, 3.8) is 0 Å². The molecule has 0 spiro atoms. The van der Waals surface area contributed by atoms with Crippen molar-refractivity contribution in [3.8, 4) is 0 Å². The summed E-state index contributed by atoms with van der Waals surface area (Å²) < 4.78 is 11.0. The SMILES string of the molecule is CC(C)(C)OC(=O)NC(CCCN=C(N)N[N+](=O)[O-])C(=S)O[Si](C)(C)C. The second-order valence-electron chi connectivity index (χ2n) is 7.51. The first-order valence-electron chi connectivity index (χ1n) is 8.13. The number of carbonyl (C=O) groups is 1. The number of hydrogen-bond acceptors (Lipinski definition) is 7. The summed E-state index contributed by atoms with van der Waals surface area (Å²) in [6, 6.07) is -0.536. The van der Waals surface area contributed by atoms with Crippen molar-refractivity contribution in [2.24, 2.45) is 10.7 Å². The molecule has 0 heterocycles. The monoisotopic (exact) mass is 407 g/mol. The van der Waals surface area contributed by atoms with Crippen molar-refractivity contribution in [3.05, 3.63) is 10.1 Å². The minimum Gasteiger partial charge on any atom is -0.538 e. The molecular formula is C14H29N5O5SSi. The highest BCUT2D eigenvalue weighted by Crippen LogP contribution is 2.12. The van der Waals surface area contributed by atoms with Crippen LogP contribution in [0.4, 0.5) is 4.79 Å². The van der Waals surface area contributed by atoms with Crippen LogP contribution in [-0.4, -0.2) is 48.6 Å². The van der Waals surface area contributed by atoms with Crippen LogP contribution < -0.4 is 16.5 Å². The van der Waals surface area contributed by atoms with Gasteiger partial charge in [0.2, 0.25) is 8.32 Å². The molecule has 4 N–H and O–H groups in total. The third-order valence-electron chi connectivity index (χ3n) is 2.52. The Balaban J connectivity index is 4.80. The molecule has 0 saturated heterocycles. The van der Waals surface area contributed by atoms with E-state index in [1.54, 1.807) is 26.2 Å². The molecule has 0 aromatic rings. The van der Waals surface area contributed by atoms with Crippen LogP contribution in [0.5, 0.6) is 0 Å². The van der Waals surface area contributed by atoms with Gasteiger partial charge in [0.25, 0.3) is 5.96 Å². The Hall–Kier alpha value is -1.95. The van der Waals surface area contributed by atoms with E-state index in [-0.39, 0.29) is 17.6 Å². The van der Waals surface area contributed by atoms with Crippen molar-refractivity contribution in [2.75, 3.05) is 6.54 Å². The number of guanidine groups is 1. The van der Waals surface area contributed by atoms with E-state index >= 15 is 0 Å². The van der Waals surface area contributed by atoms with Gasteiger partial charge in [-0.3, -0.25) is 0 Å². The highest BCUT2D eigenvalue weighted by molar-refractivity contribution is 7.80. The number of nitro groups is 1. The van der Waals surface area contributed by atoms with Gasteiger partial charge in [0.15, 0.2) is 10.1 Å². The predicted molar refractivity (Wildman–Crippen MR) is 106 cm³/mol. The normalized spacial score (nSPS) is 13.5. The van der Waals surface area contributed by atoms with Gasteiger partial charge in [0.1, 0.15) is 5.60 Å². The molecular weight excluding hydrogens is 378 g/mol. The Morgan fingerprint density at radius 3 is 2.42 bits per heavy atom. The minimum atomic E-state index is -1.93. The number of rotatable bonds is 8. The van der Waals surface area contributed by atoms with E-state index < -0.39 is 31.1 Å². The van der Waals surface area contributed by atoms with Crippen molar-refractivity contribution in [2.45, 2.75) is 64.9 Å². The molecule has 1 atom stereocenters. The lowest BCUT2D eigenvalue weighted by atomic mass is 10.1. The number of thiocarbonyl (C=S) groups is 1. The summed E-state index contributed by atoms with van der Waals surface area (Å²) in [6.07, 6.45) is 0.315. The fraction of sp³-hybridized carbons (Fsp3) is 0.786. The average Bonchev–Trinajstić information content (AvgIpc) is 2.37. The zero-order chi connectivity index (χ0) is 20.5. The van der Waals surface area contributed by atoms with Gasteiger partial charge in [-0.15, -0.1) is 0 Å². The standard InChI is InChI=1S/C14H29N5O5SSi/c1-14(2,3)23-13(20)17-10(11(25)24-26(4,5)6)8-7-9-16-12(15)18-19(21)22/h10H,7-9H2,1-6H3,(H,17,20)(H3,15,16,18). The number of aliphatic imine (C=N–C) groups is 1. The van der Waals surface area contributed by atoms with E-state index in [9.17, 15) is 14.9 Å². The number of hydrogen-bond donors (Lipinski definition) is 3. The van der Waals surface area contributed by atoms with E-state index in [1.807, 2.05) is 19.6 Å². The first-order chi connectivity index (χ1) is 11.7. The largest absolute Gasteiger partial charge is 0.538 e. The zero-order valence-corrected chi connectivity index (χ0v) is 17.9. The lowest BCUT2D eigenvalue weighted by molar-refractivity contribution is -0.525. The minimum absolute atomic E-state index is 0.231. The fourth-order valence-corrected chi connectivity index (χ4v) is 3.37. The maximum atomic E-state index is 12.0. The van der Waals surface area contributed by atoms with E-state index in [0.29, 0.717) is 12.8 Å². The molecule has 26 heavy (non-hydrogen) atoms. The summed E-state index contributed by atoms with van der Waals surface area (Å²) in [7, 11) is -1.93. The van der Waals surface area contributed by atoms with Gasteiger partial charge in [-0.1, -0.05) is 5.43 Å². The maximum absolute atomic E-state index is 12.0. The topological polar surface area (TPSA) is 141 Å². The molecule has 0 aromatic heterocycles. The zero-order valence-electron chi connectivity index (χ0n) is 16.1. The predicted octanol–water partition coefficient (Wildman–Crippen LogP) is 1.93. The molecule has 0 aliphatic rings. The summed E-state index contributed by atoms with van der Waals surface area (Å²) in [6.45, 7) is 11.5. The molecule has 0 radical (unpaired) electrons. The molecule has 0 aliphatic carbocycles. The van der Waals surface area contributed by atoms with E-state index in [2.05, 4.69) is 10.3 Å². The Bertz CT molecular complexity index is 545. The molecule has 150 valence electrons. The van der Waals surface area contributed by atoms with Crippen LogP contribution in [0.15, 0.2) is 4.99 Å². The number of alkyl carbamates (subject to hydrolysis) is 1. The molecule has 0 bridgehead atoms. The molecule has 1 unspecified atom stereocenters. The molecule has 0 aromatic carbocycles. The molecule has 0 fully saturated rings. The molecule has 0 aliphatic heterocycles. The van der Waals surface area contributed by atoms with E-state index in [0.717, 1.165) is 0 Å². The van der Waals surface area contributed by atoms with Crippen LogP contribution in [0.2, 0.25) is 19.6 Å². The number of carbonyl (C=O) groups excluding carboxylic acids is 1. The average molecular weight is 408 g/mol. The molecule has 10 nitrogen and oxygen atoms in total. The van der Waals surface area contributed by atoms with Crippen LogP contribution >= 0.6 is 12.2 Å². The van der Waals surface area contributed by atoms with E-state index in [1.165, 1.54) is 0 Å². The summed E-state index contributed by atoms with van der Waals surface area (Å²) in [5.74, 6) is -0.285. The van der Waals surface area contributed by atoms with Crippen molar-refractivity contribution in [1.29, 1.82) is 0 Å². The Kier molecular flexibility index (Phi) is 9.49. The van der Waals surface area contributed by atoms with Gasteiger partial charge in [-0.25, -0.2) is 19.9 Å². The first kappa shape index (κ1) is 24.0. The third-order valence-corrected chi connectivity index (χ3v) is 3.87. The van der Waals surface area contributed by atoms with Crippen molar-refractivity contribution in [1.82, 2.24) is 10.7 Å². The van der Waals surface area contributed by atoms with E-state index in [4.69, 9.17) is 27.1 Å². The lowest BCUT2D eigenvalue weighted by Crippen LogP contribution is -2.46. The first-order valence-corrected chi connectivity index (χ1v) is 11.9. The number of hydrazine groups is 1. The number of ether oxygens (including phenoxy) is 1. The van der Waals surface area contributed by atoms with Gasteiger partial charge in [0.05, 0.1) is 6.04 Å². The highest BCUT2D eigenvalue weighted by atomic mass is 32.1. The van der Waals surface area contributed by atoms with Gasteiger partial charge in [-0.2, -0.15) is 0 Å². The second kappa shape index (κ2) is 10.3. The van der Waals surface area contributed by atoms with Crippen LogP contribution in [0, 0.1) is 10.1 Å². The molecule has 1 amide bonds.